The fourth-order valence-corrected chi connectivity index (χ4v) is 3.71. The molecule has 1 aromatic carbocycles. The largest absolute Gasteiger partial charge is 0.377 e. The lowest BCUT2D eigenvalue weighted by Gasteiger charge is -2.22. The Labute approximate surface area is 179 Å². The molecule has 0 bridgehead atoms. The first-order valence-electron chi connectivity index (χ1n) is 9.16. The van der Waals surface area contributed by atoms with Gasteiger partial charge in [0.2, 0.25) is 10.0 Å². The summed E-state index contributed by atoms with van der Waals surface area (Å²) in [7, 11) is -1.65. The third kappa shape index (κ3) is 10.3. The van der Waals surface area contributed by atoms with Crippen LogP contribution in [0, 0.1) is 0 Å². The van der Waals surface area contributed by atoms with Crippen LogP contribution in [0.5, 0.6) is 0 Å². The predicted octanol–water partition coefficient (Wildman–Crippen LogP) is 1.50. The summed E-state index contributed by atoms with van der Waals surface area (Å²) in [6.07, 6.45) is 3.95. The number of nitrogens with zero attached hydrogens (tertiary/aromatic N) is 1. The van der Waals surface area contributed by atoms with E-state index in [0.29, 0.717) is 19.0 Å². The molecule has 1 saturated heterocycles. The van der Waals surface area contributed by atoms with Crippen molar-refractivity contribution in [3.05, 3.63) is 35.9 Å². The van der Waals surface area contributed by atoms with Gasteiger partial charge in [0.1, 0.15) is 0 Å². The van der Waals surface area contributed by atoms with Gasteiger partial charge in [-0.25, -0.2) is 13.1 Å². The zero-order valence-electron chi connectivity index (χ0n) is 15.8. The van der Waals surface area contributed by atoms with Gasteiger partial charge in [-0.15, -0.1) is 24.0 Å². The zero-order chi connectivity index (χ0) is 18.7. The van der Waals surface area contributed by atoms with Crippen molar-refractivity contribution >= 4 is 40.0 Å². The molecule has 3 N–H and O–H groups in total. The number of sulfonamides is 1. The minimum absolute atomic E-state index is 0. The Kier molecular flexibility index (Phi) is 11.9. The molecule has 7 nitrogen and oxygen atoms in total. The van der Waals surface area contributed by atoms with Gasteiger partial charge in [0.15, 0.2) is 5.96 Å². The lowest BCUT2D eigenvalue weighted by molar-refractivity contribution is 0.0200. The maximum Gasteiger partial charge on any atom is 0.213 e. The van der Waals surface area contributed by atoms with Crippen LogP contribution in [0.2, 0.25) is 0 Å². The molecule has 0 saturated carbocycles. The van der Waals surface area contributed by atoms with Crippen LogP contribution in [0.25, 0.3) is 0 Å². The van der Waals surface area contributed by atoms with E-state index in [-0.39, 0.29) is 35.8 Å². The number of nitrogens with one attached hydrogen (secondary N) is 3. The van der Waals surface area contributed by atoms with E-state index in [2.05, 4.69) is 32.5 Å². The van der Waals surface area contributed by atoms with Crippen LogP contribution in [-0.2, 0) is 21.2 Å². The number of aliphatic imine (C=N–C) groups is 1. The quantitative estimate of drug-likeness (QED) is 0.266. The number of rotatable bonds is 9. The molecule has 0 spiro atoms. The standard InChI is InChI=1S/C18H30N4O3S.HI/c1-19-18(20-11-10-16-7-3-2-4-8-16)21-12-14-26(23,24)22-15-17-9-5-6-13-25-17;/h2-4,7-8,17,22H,5-6,9-15H2,1H3,(H2,19,20,21);1H. The Hall–Kier alpha value is -0.910. The number of ether oxygens (including phenoxy) is 1. The predicted molar refractivity (Wildman–Crippen MR) is 120 cm³/mol. The van der Waals surface area contributed by atoms with E-state index in [1.165, 1.54) is 5.56 Å². The topological polar surface area (TPSA) is 91.8 Å². The average Bonchev–Trinajstić information content (AvgIpc) is 2.67. The smallest absolute Gasteiger partial charge is 0.213 e. The van der Waals surface area contributed by atoms with Gasteiger partial charge < -0.3 is 15.4 Å². The summed E-state index contributed by atoms with van der Waals surface area (Å²) in [5, 5.41) is 6.23. The molecule has 1 aliphatic heterocycles. The monoisotopic (exact) mass is 510 g/mol. The second-order valence-electron chi connectivity index (χ2n) is 6.32. The first-order valence-corrected chi connectivity index (χ1v) is 10.8. The van der Waals surface area contributed by atoms with Crippen molar-refractivity contribution in [1.29, 1.82) is 0 Å². The molecular formula is C18H31IN4O3S. The molecule has 27 heavy (non-hydrogen) atoms. The summed E-state index contributed by atoms with van der Waals surface area (Å²) in [4.78, 5) is 4.12. The first kappa shape index (κ1) is 24.1. The molecule has 0 aromatic heterocycles. The van der Waals surface area contributed by atoms with Crippen LogP contribution in [-0.4, -0.2) is 59.5 Å². The van der Waals surface area contributed by atoms with E-state index in [0.717, 1.165) is 38.8 Å². The third-order valence-electron chi connectivity index (χ3n) is 4.24. The maximum atomic E-state index is 12.1. The van der Waals surface area contributed by atoms with Crippen molar-refractivity contribution in [3.63, 3.8) is 0 Å². The molecule has 1 unspecified atom stereocenters. The van der Waals surface area contributed by atoms with Crippen molar-refractivity contribution in [2.75, 3.05) is 39.0 Å². The molecule has 1 heterocycles. The number of halogens is 1. The van der Waals surface area contributed by atoms with E-state index in [1.807, 2.05) is 18.2 Å². The Morgan fingerprint density at radius 1 is 1.19 bits per heavy atom. The summed E-state index contributed by atoms with van der Waals surface area (Å²) in [6, 6.07) is 10.2. The van der Waals surface area contributed by atoms with E-state index in [1.54, 1.807) is 7.05 Å². The lowest BCUT2D eigenvalue weighted by Crippen LogP contribution is -2.43. The fourth-order valence-electron chi connectivity index (χ4n) is 2.75. The van der Waals surface area contributed by atoms with Gasteiger partial charge >= 0.3 is 0 Å². The molecule has 1 atom stereocenters. The normalized spacial score (nSPS) is 17.8. The van der Waals surface area contributed by atoms with Crippen LogP contribution < -0.4 is 15.4 Å². The molecule has 1 fully saturated rings. The average molecular weight is 510 g/mol. The van der Waals surface area contributed by atoms with Crippen LogP contribution >= 0.6 is 24.0 Å². The SMILES string of the molecule is CN=C(NCCc1ccccc1)NCCS(=O)(=O)NCC1CCCCO1.I. The van der Waals surface area contributed by atoms with Crippen molar-refractivity contribution < 1.29 is 13.2 Å². The Morgan fingerprint density at radius 3 is 2.59 bits per heavy atom. The van der Waals surface area contributed by atoms with Crippen LogP contribution in [0.1, 0.15) is 24.8 Å². The molecule has 9 heteroatoms. The fraction of sp³-hybridized carbons (Fsp3) is 0.611. The Morgan fingerprint density at radius 2 is 1.93 bits per heavy atom. The Balaban J connectivity index is 0.00000364. The van der Waals surface area contributed by atoms with Gasteiger partial charge in [-0.3, -0.25) is 4.99 Å². The molecule has 2 rings (SSSR count). The first-order chi connectivity index (χ1) is 12.6. The number of hydrogen-bond acceptors (Lipinski definition) is 4. The summed E-state index contributed by atoms with van der Waals surface area (Å²) in [6.45, 7) is 2.10. The van der Waals surface area contributed by atoms with E-state index >= 15 is 0 Å². The summed E-state index contributed by atoms with van der Waals surface area (Å²) in [5.41, 5.74) is 1.24. The van der Waals surface area contributed by atoms with Crippen LogP contribution in [0.4, 0.5) is 0 Å². The summed E-state index contributed by atoms with van der Waals surface area (Å²) >= 11 is 0. The third-order valence-corrected chi connectivity index (χ3v) is 5.59. The van der Waals surface area contributed by atoms with Crippen molar-refractivity contribution in [2.24, 2.45) is 4.99 Å². The second kappa shape index (κ2) is 13.3. The summed E-state index contributed by atoms with van der Waals surface area (Å²) in [5.74, 6) is 0.603. The van der Waals surface area contributed by atoms with Crippen LogP contribution in [0.3, 0.4) is 0 Å². The minimum Gasteiger partial charge on any atom is -0.377 e. The van der Waals surface area contributed by atoms with Gasteiger partial charge in [-0.2, -0.15) is 0 Å². The van der Waals surface area contributed by atoms with Gasteiger partial charge in [-0.05, 0) is 31.2 Å². The highest BCUT2D eigenvalue weighted by Gasteiger charge is 2.17. The van der Waals surface area contributed by atoms with Crippen molar-refractivity contribution in [2.45, 2.75) is 31.8 Å². The second-order valence-corrected chi connectivity index (χ2v) is 8.24. The highest BCUT2D eigenvalue weighted by Crippen LogP contribution is 2.11. The summed E-state index contributed by atoms with van der Waals surface area (Å²) < 4.78 is 32.3. The van der Waals surface area contributed by atoms with Crippen molar-refractivity contribution in [3.8, 4) is 0 Å². The molecule has 1 aromatic rings. The highest BCUT2D eigenvalue weighted by molar-refractivity contribution is 14.0. The number of benzene rings is 1. The molecule has 154 valence electrons. The zero-order valence-corrected chi connectivity index (χ0v) is 19.0. The maximum absolute atomic E-state index is 12.1. The molecule has 0 radical (unpaired) electrons. The molecular weight excluding hydrogens is 479 g/mol. The van der Waals surface area contributed by atoms with Crippen LogP contribution in [0.15, 0.2) is 35.3 Å². The van der Waals surface area contributed by atoms with E-state index < -0.39 is 10.0 Å². The highest BCUT2D eigenvalue weighted by atomic mass is 127. The van der Waals surface area contributed by atoms with E-state index in [4.69, 9.17) is 4.74 Å². The molecule has 0 amide bonds. The van der Waals surface area contributed by atoms with E-state index in [9.17, 15) is 8.42 Å². The minimum atomic E-state index is -3.32. The molecule has 0 aliphatic carbocycles. The molecule has 1 aliphatic rings. The lowest BCUT2D eigenvalue weighted by atomic mass is 10.1. The number of guanidine groups is 1. The number of hydrogen-bond donors (Lipinski definition) is 3. The van der Waals surface area contributed by atoms with Gasteiger partial charge in [-0.1, -0.05) is 30.3 Å². The Bertz CT molecular complexity index is 650. The van der Waals surface area contributed by atoms with Crippen molar-refractivity contribution in [1.82, 2.24) is 15.4 Å². The van der Waals surface area contributed by atoms with Gasteiger partial charge in [0.05, 0.1) is 11.9 Å². The van der Waals surface area contributed by atoms with Gasteiger partial charge in [0, 0.05) is 33.3 Å². The van der Waals surface area contributed by atoms with Gasteiger partial charge in [0.25, 0.3) is 0 Å².